The van der Waals surface area contributed by atoms with Crippen molar-refractivity contribution in [2.24, 2.45) is 5.92 Å². The molecule has 1 amide bonds. The molecule has 2 aliphatic heterocycles. The van der Waals surface area contributed by atoms with Crippen LogP contribution < -0.4 is 9.64 Å². The largest absolute Gasteiger partial charge is 0.490 e. The summed E-state index contributed by atoms with van der Waals surface area (Å²) in [6, 6.07) is 10.7. The molecule has 1 aromatic heterocycles. The quantitative estimate of drug-likeness (QED) is 0.387. The van der Waals surface area contributed by atoms with Crippen LogP contribution in [0.25, 0.3) is 0 Å². The first kappa shape index (κ1) is 27.2. The number of nitrogens with zero attached hydrogens (tertiary/aromatic N) is 3. The summed E-state index contributed by atoms with van der Waals surface area (Å²) in [6.45, 7) is 12.5. The van der Waals surface area contributed by atoms with Crippen molar-refractivity contribution >= 4 is 11.8 Å². The Kier molecular flexibility index (Phi) is 9.30. The zero-order chi connectivity index (χ0) is 26.3. The van der Waals surface area contributed by atoms with E-state index in [2.05, 4.69) is 47.1 Å². The zero-order valence-electron chi connectivity index (χ0n) is 22.9. The normalized spacial score (nSPS) is 18.8. The van der Waals surface area contributed by atoms with Gasteiger partial charge in [0.15, 0.2) is 0 Å². The van der Waals surface area contributed by atoms with Gasteiger partial charge in [-0.1, -0.05) is 29.8 Å². The Bertz CT molecular complexity index is 997. The second-order valence-corrected chi connectivity index (χ2v) is 11.4. The molecule has 0 spiro atoms. The monoisotopic (exact) mass is 509 g/mol. The Hall–Kier alpha value is -2.80. The second-order valence-electron chi connectivity index (χ2n) is 11.4. The number of anilines is 1. The Balaban J connectivity index is 1.19. The molecule has 2 aliphatic rings. The van der Waals surface area contributed by atoms with Gasteiger partial charge in [0.05, 0.1) is 30.7 Å². The van der Waals surface area contributed by atoms with Crippen LogP contribution in [0.15, 0.2) is 42.7 Å². The molecule has 2 saturated heterocycles. The standard InChI is InChI=1S/C30H43N3O4/c1-23-7-9-25(10-8-23)21-35-17-13-24-11-15-32(16-12-24)27-18-28(20-31-19-27)36-22-26-6-5-14-33(26)29(34)37-30(2,3)4/h7-10,18-20,24,26H,5-6,11-17,21-22H2,1-4H3/t26-/m0/s1. The van der Waals surface area contributed by atoms with Gasteiger partial charge in [-0.25, -0.2) is 4.79 Å². The lowest BCUT2D eigenvalue weighted by molar-refractivity contribution is 0.0187. The highest BCUT2D eigenvalue weighted by Crippen LogP contribution is 2.28. The summed E-state index contributed by atoms with van der Waals surface area (Å²) >= 11 is 0. The smallest absolute Gasteiger partial charge is 0.410 e. The molecule has 0 aliphatic carbocycles. The molecule has 2 aromatic rings. The van der Waals surface area contributed by atoms with Crippen molar-refractivity contribution in [2.45, 2.75) is 78.0 Å². The third-order valence-corrected chi connectivity index (χ3v) is 7.19. The Morgan fingerprint density at radius 1 is 1.05 bits per heavy atom. The maximum atomic E-state index is 12.6. The molecule has 3 heterocycles. The summed E-state index contributed by atoms with van der Waals surface area (Å²) in [4.78, 5) is 21.2. The fraction of sp³-hybridized carbons (Fsp3) is 0.600. The minimum Gasteiger partial charge on any atom is -0.490 e. The van der Waals surface area contributed by atoms with Gasteiger partial charge >= 0.3 is 6.09 Å². The molecule has 7 nitrogen and oxygen atoms in total. The van der Waals surface area contributed by atoms with Crippen LogP contribution >= 0.6 is 0 Å². The number of pyridine rings is 1. The van der Waals surface area contributed by atoms with E-state index in [9.17, 15) is 4.79 Å². The van der Waals surface area contributed by atoms with Gasteiger partial charge in [0, 0.05) is 32.3 Å². The third-order valence-electron chi connectivity index (χ3n) is 7.19. The molecule has 2 fully saturated rings. The number of likely N-dealkylation sites (tertiary alicyclic amines) is 1. The van der Waals surface area contributed by atoms with Crippen LogP contribution in [0.3, 0.4) is 0 Å². The molecular weight excluding hydrogens is 466 g/mol. The highest BCUT2D eigenvalue weighted by Gasteiger charge is 2.32. The number of aromatic nitrogens is 1. The van der Waals surface area contributed by atoms with Crippen LogP contribution in [-0.4, -0.2) is 60.5 Å². The maximum Gasteiger partial charge on any atom is 0.410 e. The van der Waals surface area contributed by atoms with Crippen LogP contribution in [0.2, 0.25) is 0 Å². The molecule has 4 rings (SSSR count). The molecule has 0 unspecified atom stereocenters. The summed E-state index contributed by atoms with van der Waals surface area (Å²) < 4.78 is 17.6. The van der Waals surface area contributed by atoms with Gasteiger partial charge in [-0.2, -0.15) is 0 Å². The predicted molar refractivity (Wildman–Crippen MR) is 146 cm³/mol. The number of carbonyl (C=O) groups is 1. The fourth-order valence-corrected chi connectivity index (χ4v) is 5.03. The zero-order valence-corrected chi connectivity index (χ0v) is 22.9. The lowest BCUT2D eigenvalue weighted by Gasteiger charge is -2.33. The van der Waals surface area contributed by atoms with Gasteiger partial charge < -0.3 is 24.0 Å². The van der Waals surface area contributed by atoms with Crippen LogP contribution in [0, 0.1) is 12.8 Å². The summed E-state index contributed by atoms with van der Waals surface area (Å²) in [5.41, 5.74) is 3.12. The van der Waals surface area contributed by atoms with E-state index in [0.29, 0.717) is 25.7 Å². The topological polar surface area (TPSA) is 64.1 Å². The molecule has 0 N–H and O–H groups in total. The van der Waals surface area contributed by atoms with Crippen LogP contribution in [-0.2, 0) is 16.1 Å². The van der Waals surface area contributed by atoms with Gasteiger partial charge in [-0.15, -0.1) is 0 Å². The Morgan fingerprint density at radius 3 is 2.54 bits per heavy atom. The number of carbonyl (C=O) groups excluding carboxylic acids is 1. The molecular formula is C30H43N3O4. The first-order valence-corrected chi connectivity index (χ1v) is 13.7. The van der Waals surface area contributed by atoms with Crippen molar-refractivity contribution in [1.82, 2.24) is 9.88 Å². The number of aryl methyl sites for hydroxylation is 1. The van der Waals surface area contributed by atoms with E-state index >= 15 is 0 Å². The van der Waals surface area contributed by atoms with Crippen molar-refractivity contribution < 1.29 is 19.0 Å². The first-order valence-electron chi connectivity index (χ1n) is 13.7. The molecule has 0 saturated carbocycles. The SMILES string of the molecule is Cc1ccc(COCCC2CCN(c3cncc(OC[C@@H]4CCCN4C(=O)OC(C)(C)C)c3)CC2)cc1. The van der Waals surface area contributed by atoms with Crippen molar-refractivity contribution in [3.63, 3.8) is 0 Å². The predicted octanol–water partition coefficient (Wildman–Crippen LogP) is 5.99. The first-order chi connectivity index (χ1) is 17.8. The summed E-state index contributed by atoms with van der Waals surface area (Å²) in [5, 5.41) is 0. The van der Waals surface area contributed by atoms with Gasteiger partial charge in [0.2, 0.25) is 0 Å². The van der Waals surface area contributed by atoms with Crippen LogP contribution in [0.5, 0.6) is 5.75 Å². The summed E-state index contributed by atoms with van der Waals surface area (Å²) in [6.07, 6.45) is 8.74. The van der Waals surface area contributed by atoms with Crippen LogP contribution in [0.4, 0.5) is 10.5 Å². The highest BCUT2D eigenvalue weighted by atomic mass is 16.6. The van der Waals surface area contributed by atoms with Crippen molar-refractivity contribution in [3.05, 3.63) is 53.9 Å². The van der Waals surface area contributed by atoms with Gasteiger partial charge in [-0.05, 0) is 71.3 Å². The average molecular weight is 510 g/mol. The number of hydrogen-bond acceptors (Lipinski definition) is 6. The molecule has 0 radical (unpaired) electrons. The van der Waals surface area contributed by atoms with E-state index in [-0.39, 0.29) is 12.1 Å². The maximum absolute atomic E-state index is 12.6. The minimum absolute atomic E-state index is 0.0301. The number of ether oxygens (including phenoxy) is 3. The van der Waals surface area contributed by atoms with E-state index in [0.717, 1.165) is 63.2 Å². The molecule has 1 aromatic carbocycles. The molecule has 7 heteroatoms. The average Bonchev–Trinajstić information content (AvgIpc) is 3.35. The summed E-state index contributed by atoms with van der Waals surface area (Å²) in [5.74, 6) is 1.45. The summed E-state index contributed by atoms with van der Waals surface area (Å²) in [7, 11) is 0. The number of amides is 1. The van der Waals surface area contributed by atoms with E-state index in [4.69, 9.17) is 14.2 Å². The Morgan fingerprint density at radius 2 is 1.81 bits per heavy atom. The lowest BCUT2D eigenvalue weighted by atomic mass is 9.94. The lowest BCUT2D eigenvalue weighted by Crippen LogP contribution is -2.42. The highest BCUT2D eigenvalue weighted by molar-refractivity contribution is 5.69. The molecule has 37 heavy (non-hydrogen) atoms. The number of hydrogen-bond donors (Lipinski definition) is 0. The fourth-order valence-electron chi connectivity index (χ4n) is 5.03. The minimum atomic E-state index is -0.495. The second kappa shape index (κ2) is 12.6. The third kappa shape index (κ3) is 8.35. The van der Waals surface area contributed by atoms with Gasteiger partial charge in [-0.3, -0.25) is 4.98 Å². The molecule has 0 bridgehead atoms. The van der Waals surface area contributed by atoms with Gasteiger partial charge in [0.25, 0.3) is 0 Å². The van der Waals surface area contributed by atoms with Crippen molar-refractivity contribution in [3.8, 4) is 5.75 Å². The van der Waals surface area contributed by atoms with Crippen LogP contribution in [0.1, 0.15) is 64.0 Å². The number of rotatable bonds is 9. The van der Waals surface area contributed by atoms with E-state index in [1.807, 2.05) is 27.0 Å². The number of benzene rings is 1. The van der Waals surface area contributed by atoms with E-state index in [1.165, 1.54) is 11.1 Å². The number of piperidine rings is 1. The van der Waals surface area contributed by atoms with Crippen molar-refractivity contribution in [2.75, 3.05) is 37.7 Å². The Labute approximate surface area is 222 Å². The van der Waals surface area contributed by atoms with Crippen molar-refractivity contribution in [1.29, 1.82) is 0 Å². The molecule has 1 atom stereocenters. The molecule has 202 valence electrons. The van der Waals surface area contributed by atoms with E-state index < -0.39 is 5.60 Å². The van der Waals surface area contributed by atoms with Gasteiger partial charge in [0.1, 0.15) is 18.0 Å². The van der Waals surface area contributed by atoms with E-state index in [1.54, 1.807) is 11.1 Å².